The van der Waals surface area contributed by atoms with Crippen LogP contribution in [0.4, 0.5) is 5.13 Å². The standard InChI is InChI=1S/C16H21N3O3S/c1-4-5-10(2)15(21)19-16-18-13(9-23-16)14-7-6-12(22-14)8-17-11(3)20/h6-7,9-10H,4-5,8H2,1-3H3,(H,17,20)(H,18,19,21). The van der Waals surface area contributed by atoms with Crippen molar-refractivity contribution < 1.29 is 14.0 Å². The average Bonchev–Trinajstić information content (AvgIpc) is 3.14. The number of carbonyl (C=O) groups excluding carboxylic acids is 2. The first-order valence-electron chi connectivity index (χ1n) is 7.59. The highest BCUT2D eigenvalue weighted by atomic mass is 32.1. The van der Waals surface area contributed by atoms with E-state index in [0.717, 1.165) is 12.8 Å². The van der Waals surface area contributed by atoms with E-state index in [9.17, 15) is 9.59 Å². The third kappa shape index (κ3) is 4.92. The van der Waals surface area contributed by atoms with Gasteiger partial charge < -0.3 is 15.1 Å². The summed E-state index contributed by atoms with van der Waals surface area (Å²) in [7, 11) is 0. The fraction of sp³-hybridized carbons (Fsp3) is 0.438. The minimum absolute atomic E-state index is 0.0152. The second kappa shape index (κ2) is 7.92. The van der Waals surface area contributed by atoms with Crippen molar-refractivity contribution >= 4 is 28.3 Å². The molecule has 0 aliphatic carbocycles. The molecule has 2 N–H and O–H groups in total. The van der Waals surface area contributed by atoms with E-state index in [-0.39, 0.29) is 17.7 Å². The quantitative estimate of drug-likeness (QED) is 0.812. The van der Waals surface area contributed by atoms with Gasteiger partial charge in [-0.15, -0.1) is 11.3 Å². The van der Waals surface area contributed by atoms with Crippen LogP contribution in [0.25, 0.3) is 11.5 Å². The van der Waals surface area contributed by atoms with Crippen LogP contribution < -0.4 is 10.6 Å². The van der Waals surface area contributed by atoms with Crippen molar-refractivity contribution in [2.24, 2.45) is 5.92 Å². The van der Waals surface area contributed by atoms with Crippen LogP contribution >= 0.6 is 11.3 Å². The van der Waals surface area contributed by atoms with E-state index in [4.69, 9.17) is 4.42 Å². The Morgan fingerprint density at radius 1 is 1.39 bits per heavy atom. The zero-order valence-corrected chi connectivity index (χ0v) is 14.3. The summed E-state index contributed by atoms with van der Waals surface area (Å²) in [5.74, 6) is 1.12. The SMILES string of the molecule is CCCC(C)C(=O)Nc1nc(-c2ccc(CNC(C)=O)o2)cs1. The van der Waals surface area contributed by atoms with Crippen molar-refractivity contribution in [3.05, 3.63) is 23.3 Å². The van der Waals surface area contributed by atoms with E-state index in [2.05, 4.69) is 22.5 Å². The Hall–Kier alpha value is -2.15. The van der Waals surface area contributed by atoms with Crippen molar-refractivity contribution in [1.82, 2.24) is 10.3 Å². The van der Waals surface area contributed by atoms with Gasteiger partial charge in [-0.1, -0.05) is 20.3 Å². The average molecular weight is 335 g/mol. The summed E-state index contributed by atoms with van der Waals surface area (Å²) in [6.45, 7) is 5.77. The van der Waals surface area contributed by atoms with Gasteiger partial charge >= 0.3 is 0 Å². The fourth-order valence-corrected chi connectivity index (χ4v) is 2.76. The van der Waals surface area contributed by atoms with Gasteiger partial charge in [-0.25, -0.2) is 4.98 Å². The molecule has 2 aromatic rings. The van der Waals surface area contributed by atoms with E-state index in [1.165, 1.54) is 18.3 Å². The molecule has 124 valence electrons. The lowest BCUT2D eigenvalue weighted by Gasteiger charge is -2.08. The van der Waals surface area contributed by atoms with Crippen molar-refractivity contribution in [2.45, 2.75) is 40.2 Å². The van der Waals surface area contributed by atoms with Crippen LogP contribution in [0.2, 0.25) is 0 Å². The number of furan rings is 1. The van der Waals surface area contributed by atoms with Gasteiger partial charge in [0.15, 0.2) is 10.9 Å². The first-order chi connectivity index (χ1) is 11.0. The van der Waals surface area contributed by atoms with Crippen molar-refractivity contribution in [2.75, 3.05) is 5.32 Å². The predicted octanol–water partition coefficient (Wildman–Crippen LogP) is 3.41. The summed E-state index contributed by atoms with van der Waals surface area (Å²) >= 11 is 1.36. The van der Waals surface area contributed by atoms with Gasteiger partial charge in [0.1, 0.15) is 11.5 Å². The molecule has 2 aromatic heterocycles. The lowest BCUT2D eigenvalue weighted by atomic mass is 10.1. The predicted molar refractivity (Wildman–Crippen MR) is 90.0 cm³/mol. The number of hydrogen-bond donors (Lipinski definition) is 2. The van der Waals surface area contributed by atoms with Gasteiger partial charge in [0.25, 0.3) is 0 Å². The van der Waals surface area contributed by atoms with E-state index < -0.39 is 0 Å². The number of hydrogen-bond acceptors (Lipinski definition) is 5. The van der Waals surface area contributed by atoms with Gasteiger partial charge in [-0.05, 0) is 18.6 Å². The first kappa shape index (κ1) is 17.2. The number of amides is 2. The molecule has 6 nitrogen and oxygen atoms in total. The molecule has 0 aliphatic heterocycles. The normalized spacial score (nSPS) is 12.0. The van der Waals surface area contributed by atoms with Crippen molar-refractivity contribution in [3.8, 4) is 11.5 Å². The Balaban J connectivity index is 1.99. The fourth-order valence-electron chi connectivity index (χ4n) is 2.06. The molecule has 0 fully saturated rings. The maximum absolute atomic E-state index is 12.0. The third-order valence-electron chi connectivity index (χ3n) is 3.33. The van der Waals surface area contributed by atoms with Gasteiger partial charge in [0.05, 0.1) is 6.54 Å². The zero-order valence-electron chi connectivity index (χ0n) is 13.5. The number of thiazole rings is 1. The molecule has 1 unspecified atom stereocenters. The third-order valence-corrected chi connectivity index (χ3v) is 4.09. The first-order valence-corrected chi connectivity index (χ1v) is 8.47. The van der Waals surface area contributed by atoms with E-state index >= 15 is 0 Å². The Morgan fingerprint density at radius 2 is 2.17 bits per heavy atom. The topological polar surface area (TPSA) is 84.2 Å². The number of aromatic nitrogens is 1. The minimum atomic E-state index is -0.109. The number of nitrogens with zero attached hydrogens (tertiary/aromatic N) is 1. The molecule has 1 atom stereocenters. The Morgan fingerprint density at radius 3 is 2.87 bits per heavy atom. The summed E-state index contributed by atoms with van der Waals surface area (Å²) in [6.07, 6.45) is 1.83. The summed E-state index contributed by atoms with van der Waals surface area (Å²) in [4.78, 5) is 27.3. The Kier molecular flexibility index (Phi) is 5.92. The summed E-state index contributed by atoms with van der Waals surface area (Å²) < 4.78 is 5.64. The zero-order chi connectivity index (χ0) is 16.8. The molecule has 2 heterocycles. The number of rotatable bonds is 7. The second-order valence-corrected chi connectivity index (χ2v) is 6.25. The largest absolute Gasteiger partial charge is 0.458 e. The molecule has 0 radical (unpaired) electrons. The minimum Gasteiger partial charge on any atom is -0.458 e. The molecular weight excluding hydrogens is 314 g/mol. The molecule has 23 heavy (non-hydrogen) atoms. The Bertz CT molecular complexity index is 678. The highest BCUT2D eigenvalue weighted by Crippen LogP contribution is 2.27. The molecule has 0 bridgehead atoms. The molecule has 2 amide bonds. The monoisotopic (exact) mass is 335 g/mol. The smallest absolute Gasteiger partial charge is 0.228 e. The van der Waals surface area contributed by atoms with Crippen LogP contribution in [0.15, 0.2) is 21.9 Å². The number of anilines is 1. The highest BCUT2D eigenvalue weighted by molar-refractivity contribution is 7.14. The van der Waals surface area contributed by atoms with Crippen LogP contribution in [0.3, 0.4) is 0 Å². The molecule has 2 rings (SSSR count). The van der Waals surface area contributed by atoms with Crippen LogP contribution in [-0.2, 0) is 16.1 Å². The van der Waals surface area contributed by atoms with E-state index in [0.29, 0.717) is 28.9 Å². The van der Waals surface area contributed by atoms with Crippen molar-refractivity contribution in [3.63, 3.8) is 0 Å². The van der Waals surface area contributed by atoms with Gasteiger partial charge in [-0.2, -0.15) is 0 Å². The maximum atomic E-state index is 12.0. The van der Waals surface area contributed by atoms with E-state index in [1.807, 2.05) is 12.3 Å². The maximum Gasteiger partial charge on any atom is 0.228 e. The Labute approximate surface area is 139 Å². The van der Waals surface area contributed by atoms with Crippen LogP contribution in [0.1, 0.15) is 39.4 Å². The number of carbonyl (C=O) groups is 2. The van der Waals surface area contributed by atoms with Gasteiger partial charge in [-0.3, -0.25) is 9.59 Å². The highest BCUT2D eigenvalue weighted by Gasteiger charge is 2.15. The molecule has 0 spiro atoms. The molecule has 7 heteroatoms. The van der Waals surface area contributed by atoms with Crippen LogP contribution in [-0.4, -0.2) is 16.8 Å². The van der Waals surface area contributed by atoms with Gasteiger partial charge in [0.2, 0.25) is 11.8 Å². The lowest BCUT2D eigenvalue weighted by molar-refractivity contribution is -0.120. The van der Waals surface area contributed by atoms with Gasteiger partial charge in [0, 0.05) is 18.2 Å². The van der Waals surface area contributed by atoms with Crippen LogP contribution in [0.5, 0.6) is 0 Å². The lowest BCUT2D eigenvalue weighted by Crippen LogP contribution is -2.20. The molecular formula is C16H21N3O3S. The van der Waals surface area contributed by atoms with Crippen molar-refractivity contribution in [1.29, 1.82) is 0 Å². The molecule has 0 aromatic carbocycles. The summed E-state index contributed by atoms with van der Waals surface area (Å²) in [5.41, 5.74) is 0.669. The molecule has 0 aliphatic rings. The van der Waals surface area contributed by atoms with E-state index in [1.54, 1.807) is 12.1 Å². The summed E-state index contributed by atoms with van der Waals surface area (Å²) in [6, 6.07) is 3.60. The number of nitrogens with one attached hydrogen (secondary N) is 2. The second-order valence-electron chi connectivity index (χ2n) is 5.39. The molecule has 0 saturated heterocycles. The molecule has 0 saturated carbocycles. The summed E-state index contributed by atoms with van der Waals surface area (Å²) in [5, 5.41) is 7.91. The van der Waals surface area contributed by atoms with Crippen LogP contribution in [0, 0.1) is 5.92 Å².